The molecule has 0 radical (unpaired) electrons. The Morgan fingerprint density at radius 1 is 1.05 bits per heavy atom. The molecular formula is C19H23N. The maximum Gasteiger partial charge on any atom is 0.0444 e. The van der Waals surface area contributed by atoms with Gasteiger partial charge < -0.3 is 5.32 Å². The van der Waals surface area contributed by atoms with E-state index in [0.29, 0.717) is 0 Å². The van der Waals surface area contributed by atoms with E-state index in [4.69, 9.17) is 0 Å². The Bertz CT molecular complexity index is 568. The van der Waals surface area contributed by atoms with Crippen LogP contribution < -0.4 is 5.32 Å². The Labute approximate surface area is 122 Å². The molecule has 1 atom stereocenters. The topological polar surface area (TPSA) is 12.0 Å². The largest absolute Gasteiger partial charge is 0.310 e. The van der Waals surface area contributed by atoms with Crippen LogP contribution in [-0.2, 0) is 6.42 Å². The lowest BCUT2D eigenvalue weighted by atomic mass is 9.82. The van der Waals surface area contributed by atoms with Gasteiger partial charge in [0.25, 0.3) is 0 Å². The number of nitrogens with one attached hydrogen (secondary N) is 1. The Balaban J connectivity index is 2.25. The summed E-state index contributed by atoms with van der Waals surface area (Å²) in [4.78, 5) is 0. The van der Waals surface area contributed by atoms with Crippen LogP contribution in [0.1, 0.15) is 23.6 Å². The Morgan fingerprint density at radius 2 is 1.65 bits per heavy atom. The molecule has 0 aromatic heterocycles. The summed E-state index contributed by atoms with van der Waals surface area (Å²) in [7, 11) is 2.00. The monoisotopic (exact) mass is 265 g/mol. The molecule has 2 rings (SSSR count). The zero-order chi connectivity index (χ0) is 14.6. The van der Waals surface area contributed by atoms with Gasteiger partial charge in [0.1, 0.15) is 0 Å². The third-order valence-corrected chi connectivity index (χ3v) is 4.02. The molecule has 20 heavy (non-hydrogen) atoms. The number of rotatable bonds is 5. The van der Waals surface area contributed by atoms with Crippen molar-refractivity contribution < 1.29 is 0 Å². The fourth-order valence-electron chi connectivity index (χ4n) is 2.42. The summed E-state index contributed by atoms with van der Waals surface area (Å²) < 4.78 is 0. The van der Waals surface area contributed by atoms with Crippen molar-refractivity contribution >= 4 is 5.57 Å². The summed E-state index contributed by atoms with van der Waals surface area (Å²) in [5.41, 5.74) is 4.77. The van der Waals surface area contributed by atoms with Gasteiger partial charge in [-0.3, -0.25) is 0 Å². The highest BCUT2D eigenvalue weighted by molar-refractivity contribution is 5.71. The normalized spacial score (nSPS) is 13.8. The fraction of sp³-hybridized carbons (Fsp3) is 0.263. The molecule has 0 amide bonds. The van der Waals surface area contributed by atoms with Gasteiger partial charge in [0, 0.05) is 5.54 Å². The molecule has 0 aliphatic heterocycles. The standard InChI is InChI=1S/C19H23N/c1-15-10-12-18(13-11-15)16(2)19(3,20-4)14-17-8-6-5-7-9-17/h5-13,20H,2,14H2,1,3-4H3. The van der Waals surface area contributed by atoms with Crippen LogP contribution in [0.25, 0.3) is 5.57 Å². The molecule has 0 heterocycles. The minimum Gasteiger partial charge on any atom is -0.310 e. The number of likely N-dealkylation sites (N-methyl/N-ethyl adjacent to an activating group) is 1. The summed E-state index contributed by atoms with van der Waals surface area (Å²) >= 11 is 0. The lowest BCUT2D eigenvalue weighted by molar-refractivity contribution is 0.493. The average molecular weight is 265 g/mol. The van der Waals surface area contributed by atoms with Crippen molar-refractivity contribution in [3.63, 3.8) is 0 Å². The van der Waals surface area contributed by atoms with Gasteiger partial charge in [-0.2, -0.15) is 0 Å². The first-order valence-corrected chi connectivity index (χ1v) is 7.04. The maximum absolute atomic E-state index is 4.33. The van der Waals surface area contributed by atoms with Crippen LogP contribution in [-0.4, -0.2) is 12.6 Å². The van der Waals surface area contributed by atoms with Crippen LogP contribution in [0.2, 0.25) is 0 Å². The molecule has 0 fully saturated rings. The van der Waals surface area contributed by atoms with Crippen molar-refractivity contribution in [3.8, 4) is 0 Å². The molecule has 2 aromatic rings. The SMILES string of the molecule is C=C(c1ccc(C)cc1)C(C)(Cc1ccccc1)NC. The average Bonchev–Trinajstić information content (AvgIpc) is 2.48. The van der Waals surface area contributed by atoms with Gasteiger partial charge in [-0.25, -0.2) is 0 Å². The van der Waals surface area contributed by atoms with Crippen molar-refractivity contribution in [1.29, 1.82) is 0 Å². The highest BCUT2D eigenvalue weighted by Gasteiger charge is 2.26. The van der Waals surface area contributed by atoms with Crippen LogP contribution in [0.3, 0.4) is 0 Å². The van der Waals surface area contributed by atoms with E-state index >= 15 is 0 Å². The molecule has 0 saturated heterocycles. The van der Waals surface area contributed by atoms with E-state index in [9.17, 15) is 0 Å². The van der Waals surface area contributed by atoms with E-state index in [-0.39, 0.29) is 5.54 Å². The van der Waals surface area contributed by atoms with Crippen molar-refractivity contribution in [3.05, 3.63) is 77.9 Å². The fourth-order valence-corrected chi connectivity index (χ4v) is 2.42. The Hall–Kier alpha value is -1.86. The van der Waals surface area contributed by atoms with Gasteiger partial charge >= 0.3 is 0 Å². The Morgan fingerprint density at radius 3 is 2.20 bits per heavy atom. The van der Waals surface area contributed by atoms with E-state index in [2.05, 4.69) is 80.3 Å². The summed E-state index contributed by atoms with van der Waals surface area (Å²) in [6, 6.07) is 19.1. The summed E-state index contributed by atoms with van der Waals surface area (Å²) in [5.74, 6) is 0. The summed E-state index contributed by atoms with van der Waals surface area (Å²) in [6.07, 6.45) is 0.928. The summed E-state index contributed by atoms with van der Waals surface area (Å²) in [6.45, 7) is 8.65. The molecule has 1 N–H and O–H groups in total. The zero-order valence-electron chi connectivity index (χ0n) is 12.6. The second-order valence-corrected chi connectivity index (χ2v) is 5.59. The number of aryl methyl sites for hydroxylation is 1. The van der Waals surface area contributed by atoms with Crippen molar-refractivity contribution in [2.45, 2.75) is 25.8 Å². The number of hydrogen-bond donors (Lipinski definition) is 1. The van der Waals surface area contributed by atoms with Gasteiger partial charge in [-0.1, -0.05) is 66.7 Å². The van der Waals surface area contributed by atoms with Crippen molar-refractivity contribution in [2.75, 3.05) is 7.05 Å². The first kappa shape index (κ1) is 14.5. The minimum atomic E-state index is -0.142. The predicted molar refractivity (Wildman–Crippen MR) is 87.8 cm³/mol. The minimum absolute atomic E-state index is 0.142. The highest BCUT2D eigenvalue weighted by Crippen LogP contribution is 2.28. The summed E-state index contributed by atoms with van der Waals surface area (Å²) in [5, 5.41) is 3.44. The van der Waals surface area contributed by atoms with Crippen LogP contribution in [0.15, 0.2) is 61.2 Å². The van der Waals surface area contributed by atoms with E-state index in [0.717, 1.165) is 12.0 Å². The number of benzene rings is 2. The highest BCUT2D eigenvalue weighted by atomic mass is 14.9. The smallest absolute Gasteiger partial charge is 0.0444 e. The van der Waals surface area contributed by atoms with Crippen LogP contribution in [0.4, 0.5) is 0 Å². The first-order valence-electron chi connectivity index (χ1n) is 7.04. The van der Waals surface area contributed by atoms with Crippen LogP contribution in [0.5, 0.6) is 0 Å². The van der Waals surface area contributed by atoms with Crippen molar-refractivity contribution in [1.82, 2.24) is 5.32 Å². The molecule has 1 heteroatoms. The third-order valence-electron chi connectivity index (χ3n) is 4.02. The van der Waals surface area contributed by atoms with E-state index in [1.54, 1.807) is 0 Å². The molecule has 0 aliphatic carbocycles. The maximum atomic E-state index is 4.33. The molecule has 0 saturated carbocycles. The number of hydrogen-bond acceptors (Lipinski definition) is 1. The van der Waals surface area contributed by atoms with E-state index < -0.39 is 0 Å². The van der Waals surface area contributed by atoms with Crippen molar-refractivity contribution in [2.24, 2.45) is 0 Å². The van der Waals surface area contributed by atoms with E-state index in [1.165, 1.54) is 16.7 Å². The first-order chi connectivity index (χ1) is 9.55. The predicted octanol–water partition coefficient (Wildman–Crippen LogP) is 4.23. The van der Waals surface area contributed by atoms with Gasteiger partial charge in [0.05, 0.1) is 0 Å². The Kier molecular flexibility index (Phi) is 4.41. The third kappa shape index (κ3) is 3.17. The van der Waals surface area contributed by atoms with Crippen LogP contribution in [0, 0.1) is 6.92 Å². The lowest BCUT2D eigenvalue weighted by Crippen LogP contribution is -2.42. The molecule has 0 spiro atoms. The second-order valence-electron chi connectivity index (χ2n) is 5.59. The molecule has 0 bridgehead atoms. The second kappa shape index (κ2) is 6.06. The van der Waals surface area contributed by atoms with Gasteiger partial charge in [0.2, 0.25) is 0 Å². The molecule has 1 nitrogen and oxygen atoms in total. The molecule has 0 aliphatic rings. The van der Waals surface area contributed by atoms with Crippen LogP contribution >= 0.6 is 0 Å². The molecule has 104 valence electrons. The van der Waals surface area contributed by atoms with Gasteiger partial charge in [-0.05, 0) is 44.0 Å². The molecule has 2 aromatic carbocycles. The van der Waals surface area contributed by atoms with E-state index in [1.807, 2.05) is 7.05 Å². The molecule has 1 unspecified atom stereocenters. The van der Waals surface area contributed by atoms with Gasteiger partial charge in [-0.15, -0.1) is 0 Å². The zero-order valence-corrected chi connectivity index (χ0v) is 12.6. The molecular weight excluding hydrogens is 242 g/mol. The van der Waals surface area contributed by atoms with Gasteiger partial charge in [0.15, 0.2) is 0 Å². The quantitative estimate of drug-likeness (QED) is 0.853. The lowest BCUT2D eigenvalue weighted by Gasteiger charge is -2.32.